The van der Waals surface area contributed by atoms with Crippen molar-refractivity contribution in [2.24, 2.45) is 23.2 Å². The van der Waals surface area contributed by atoms with E-state index in [0.29, 0.717) is 24.9 Å². The maximum absolute atomic E-state index is 12.0. The Kier molecular flexibility index (Phi) is 6.71. The molecule has 0 spiro atoms. The van der Waals surface area contributed by atoms with Crippen LogP contribution in [-0.2, 0) is 0 Å². The zero-order valence-corrected chi connectivity index (χ0v) is 14.3. The van der Waals surface area contributed by atoms with Crippen LogP contribution in [0.2, 0.25) is 0 Å². The van der Waals surface area contributed by atoms with Gasteiger partial charge in [-0.2, -0.15) is 5.26 Å². The summed E-state index contributed by atoms with van der Waals surface area (Å²) in [4.78, 5) is 12.0. The fourth-order valence-electron chi connectivity index (χ4n) is 4.03. The average Bonchev–Trinajstić information content (AvgIpc) is 2.52. The van der Waals surface area contributed by atoms with Crippen molar-refractivity contribution in [3.8, 4) is 6.07 Å². The van der Waals surface area contributed by atoms with Crippen molar-refractivity contribution in [2.45, 2.75) is 58.3 Å². The molecule has 23 heavy (non-hydrogen) atoms. The fourth-order valence-corrected chi connectivity index (χ4v) is 4.03. The Morgan fingerprint density at radius 2 is 2.00 bits per heavy atom. The predicted octanol–water partition coefficient (Wildman–Crippen LogP) is 2.80. The molecule has 2 amide bonds. The van der Waals surface area contributed by atoms with Crippen LogP contribution in [0.3, 0.4) is 0 Å². The van der Waals surface area contributed by atoms with E-state index in [1.54, 1.807) is 0 Å². The molecule has 2 rings (SSSR count). The van der Waals surface area contributed by atoms with Gasteiger partial charge in [0.1, 0.15) is 0 Å². The molecule has 0 unspecified atom stereocenters. The third kappa shape index (κ3) is 4.84. The van der Waals surface area contributed by atoms with Crippen molar-refractivity contribution < 1.29 is 9.90 Å². The van der Waals surface area contributed by atoms with Crippen LogP contribution in [-0.4, -0.2) is 30.8 Å². The van der Waals surface area contributed by atoms with Gasteiger partial charge in [-0.05, 0) is 62.2 Å². The molecule has 5 nitrogen and oxygen atoms in total. The first kappa shape index (κ1) is 18.1. The summed E-state index contributed by atoms with van der Waals surface area (Å²) < 4.78 is 0. The van der Waals surface area contributed by atoms with Gasteiger partial charge < -0.3 is 15.7 Å². The number of carbonyl (C=O) groups excluding carboxylic acids is 1. The van der Waals surface area contributed by atoms with Gasteiger partial charge in [-0.25, -0.2) is 4.79 Å². The van der Waals surface area contributed by atoms with E-state index in [0.717, 1.165) is 44.9 Å². The molecule has 0 aromatic carbocycles. The topological polar surface area (TPSA) is 85.2 Å². The number of rotatable bonds is 7. The van der Waals surface area contributed by atoms with Gasteiger partial charge in [0.25, 0.3) is 0 Å². The van der Waals surface area contributed by atoms with Crippen LogP contribution >= 0.6 is 0 Å². The normalized spacial score (nSPS) is 27.3. The van der Waals surface area contributed by atoms with E-state index >= 15 is 0 Å². The zero-order chi connectivity index (χ0) is 16.7. The van der Waals surface area contributed by atoms with Gasteiger partial charge in [0.15, 0.2) is 0 Å². The van der Waals surface area contributed by atoms with Crippen LogP contribution in [0.1, 0.15) is 58.3 Å². The smallest absolute Gasteiger partial charge is 0.314 e. The monoisotopic (exact) mass is 321 g/mol. The van der Waals surface area contributed by atoms with Gasteiger partial charge in [-0.15, -0.1) is 0 Å². The molecule has 2 aliphatic carbocycles. The number of hydrogen-bond donors (Lipinski definition) is 3. The van der Waals surface area contributed by atoms with E-state index in [1.165, 1.54) is 6.42 Å². The van der Waals surface area contributed by atoms with Gasteiger partial charge in [0.05, 0.1) is 6.07 Å². The fraction of sp³-hybridized carbons (Fsp3) is 0.889. The number of hydrogen-bond acceptors (Lipinski definition) is 3. The number of nitrogens with zero attached hydrogens (tertiary/aromatic N) is 1. The summed E-state index contributed by atoms with van der Waals surface area (Å²) in [6.07, 6.45) is 8.33. The number of aliphatic hydroxyl groups is 1. The maximum atomic E-state index is 12.0. The van der Waals surface area contributed by atoms with E-state index in [2.05, 4.69) is 23.6 Å². The molecule has 0 saturated heterocycles. The van der Waals surface area contributed by atoms with Crippen LogP contribution in [0, 0.1) is 34.5 Å². The quantitative estimate of drug-likeness (QED) is 0.674. The molecule has 3 N–H and O–H groups in total. The third-order valence-electron chi connectivity index (χ3n) is 6.14. The number of nitrogens with one attached hydrogen (secondary N) is 2. The standard InChI is InChI=1S/C18H31N3O2/c1-14(7-10-22)18(8-2-9-18)13-21-17(23)20-12-16-5-3-15(11-19)4-6-16/h14-16,22H,2-10,12-13H2,1H3,(H2,20,21,23)/t14-,15?,16?/m0/s1. The largest absolute Gasteiger partial charge is 0.396 e. The minimum Gasteiger partial charge on any atom is -0.396 e. The Labute approximate surface area is 139 Å². The SMILES string of the molecule is C[C@@H](CCO)C1(CNC(=O)NCC2CCC(C#N)CC2)CCC1. The van der Waals surface area contributed by atoms with Crippen molar-refractivity contribution in [3.05, 3.63) is 0 Å². The summed E-state index contributed by atoms with van der Waals surface area (Å²) in [5, 5.41) is 24.1. The second-order valence-electron chi connectivity index (χ2n) is 7.54. The van der Waals surface area contributed by atoms with Crippen LogP contribution in [0.25, 0.3) is 0 Å². The van der Waals surface area contributed by atoms with E-state index in [-0.39, 0.29) is 24.0 Å². The van der Waals surface area contributed by atoms with Gasteiger partial charge in [-0.3, -0.25) is 0 Å². The molecule has 2 fully saturated rings. The van der Waals surface area contributed by atoms with E-state index in [1.807, 2.05) is 0 Å². The average molecular weight is 321 g/mol. The number of carbonyl (C=O) groups is 1. The number of aliphatic hydroxyl groups excluding tert-OH is 1. The number of urea groups is 1. The molecule has 0 radical (unpaired) electrons. The van der Waals surface area contributed by atoms with E-state index in [4.69, 9.17) is 10.4 Å². The summed E-state index contributed by atoms with van der Waals surface area (Å²) in [5.41, 5.74) is 0.185. The van der Waals surface area contributed by atoms with Crippen LogP contribution in [0.5, 0.6) is 0 Å². The molecule has 5 heteroatoms. The summed E-state index contributed by atoms with van der Waals surface area (Å²) in [6.45, 7) is 3.83. The highest BCUT2D eigenvalue weighted by atomic mass is 16.3. The summed E-state index contributed by atoms with van der Waals surface area (Å²) in [7, 11) is 0. The van der Waals surface area contributed by atoms with Crippen molar-refractivity contribution in [1.82, 2.24) is 10.6 Å². The Morgan fingerprint density at radius 3 is 2.52 bits per heavy atom. The molecule has 130 valence electrons. The second kappa shape index (κ2) is 8.54. The highest BCUT2D eigenvalue weighted by Crippen LogP contribution is 2.47. The second-order valence-corrected chi connectivity index (χ2v) is 7.54. The van der Waals surface area contributed by atoms with Crippen LogP contribution in [0.15, 0.2) is 0 Å². The summed E-state index contributed by atoms with van der Waals surface area (Å²) in [6, 6.07) is 2.27. The molecule has 0 aliphatic heterocycles. The van der Waals surface area contributed by atoms with Gasteiger partial charge in [0, 0.05) is 25.6 Å². The zero-order valence-electron chi connectivity index (χ0n) is 14.3. The first-order valence-corrected chi connectivity index (χ1v) is 9.12. The molecule has 1 atom stereocenters. The lowest BCUT2D eigenvalue weighted by Crippen LogP contribution is -2.49. The molecule has 0 aromatic heterocycles. The predicted molar refractivity (Wildman–Crippen MR) is 89.6 cm³/mol. The summed E-state index contributed by atoms with van der Waals surface area (Å²) in [5.74, 6) is 1.17. The van der Waals surface area contributed by atoms with Crippen LogP contribution in [0.4, 0.5) is 4.79 Å². The minimum atomic E-state index is -0.0742. The first-order chi connectivity index (χ1) is 11.1. The molecule has 0 heterocycles. The Morgan fingerprint density at radius 1 is 1.30 bits per heavy atom. The lowest BCUT2D eigenvalue weighted by molar-refractivity contribution is 0.0456. The third-order valence-corrected chi connectivity index (χ3v) is 6.14. The van der Waals surface area contributed by atoms with Gasteiger partial charge >= 0.3 is 6.03 Å². The lowest BCUT2D eigenvalue weighted by Gasteiger charge is -2.47. The molecule has 2 saturated carbocycles. The minimum absolute atomic E-state index is 0.0742. The Hall–Kier alpha value is -1.28. The van der Waals surface area contributed by atoms with Crippen molar-refractivity contribution in [3.63, 3.8) is 0 Å². The molecule has 2 aliphatic rings. The van der Waals surface area contributed by atoms with Crippen molar-refractivity contribution in [1.29, 1.82) is 5.26 Å². The van der Waals surface area contributed by atoms with Crippen molar-refractivity contribution >= 4 is 6.03 Å². The van der Waals surface area contributed by atoms with Gasteiger partial charge in [0.2, 0.25) is 0 Å². The number of nitriles is 1. The van der Waals surface area contributed by atoms with Crippen LogP contribution < -0.4 is 10.6 Å². The molecule has 0 aromatic rings. The van der Waals surface area contributed by atoms with E-state index < -0.39 is 0 Å². The number of amides is 2. The molecule has 0 bridgehead atoms. The highest BCUT2D eigenvalue weighted by Gasteiger charge is 2.41. The molecular weight excluding hydrogens is 290 g/mol. The van der Waals surface area contributed by atoms with E-state index in [9.17, 15) is 4.79 Å². The summed E-state index contributed by atoms with van der Waals surface area (Å²) >= 11 is 0. The highest BCUT2D eigenvalue weighted by molar-refractivity contribution is 5.73. The molecular formula is C18H31N3O2. The Bertz CT molecular complexity index is 420. The Balaban J connectivity index is 1.66. The van der Waals surface area contributed by atoms with Gasteiger partial charge in [-0.1, -0.05) is 13.3 Å². The first-order valence-electron chi connectivity index (χ1n) is 9.12. The lowest BCUT2D eigenvalue weighted by atomic mass is 9.60. The van der Waals surface area contributed by atoms with Crippen molar-refractivity contribution in [2.75, 3.05) is 19.7 Å². The maximum Gasteiger partial charge on any atom is 0.314 e.